The van der Waals surface area contributed by atoms with Gasteiger partial charge < -0.3 is 9.84 Å². The number of unbranched alkanes of at least 4 members (excludes halogenated alkanes) is 3. The van der Waals surface area contributed by atoms with Crippen LogP contribution in [0, 0.1) is 0 Å². The van der Waals surface area contributed by atoms with Gasteiger partial charge in [-0.2, -0.15) is 4.98 Å². The van der Waals surface area contributed by atoms with Crippen LogP contribution in [-0.2, 0) is 6.42 Å². The fourth-order valence-corrected chi connectivity index (χ4v) is 2.81. The Balaban J connectivity index is 1.88. The van der Waals surface area contributed by atoms with Crippen molar-refractivity contribution in [2.75, 3.05) is 26.2 Å². The number of nitrogens with one attached hydrogen (secondary N) is 1. The average Bonchev–Trinajstić information content (AvgIpc) is 2.94. The molecule has 1 atom stereocenters. The lowest BCUT2D eigenvalue weighted by Gasteiger charge is -2.32. The minimum atomic E-state index is 0.310. The van der Waals surface area contributed by atoms with Crippen LogP contribution in [0.25, 0.3) is 0 Å². The quantitative estimate of drug-likeness (QED) is 0.742. The summed E-state index contributed by atoms with van der Waals surface area (Å²) in [7, 11) is 0. The van der Waals surface area contributed by atoms with E-state index in [0.717, 1.165) is 57.2 Å². The molecule has 5 heteroatoms. The normalized spacial score (nSPS) is 18.3. The highest BCUT2D eigenvalue weighted by atomic mass is 16.5. The van der Waals surface area contributed by atoms with E-state index in [1.54, 1.807) is 0 Å². The van der Waals surface area contributed by atoms with Gasteiger partial charge in [-0.3, -0.25) is 4.90 Å². The fourth-order valence-electron chi connectivity index (χ4n) is 2.81. The zero-order valence-electron chi connectivity index (χ0n) is 12.9. The Morgan fingerprint density at radius 3 is 2.70 bits per heavy atom. The SMILES string of the molecule is CCCCCCc1nc(C(CC)N2CCNCC2)no1. The highest BCUT2D eigenvalue weighted by molar-refractivity contribution is 4.96. The van der Waals surface area contributed by atoms with Gasteiger partial charge in [-0.1, -0.05) is 38.3 Å². The van der Waals surface area contributed by atoms with Crippen LogP contribution in [0.15, 0.2) is 4.52 Å². The molecule has 0 amide bonds. The zero-order valence-corrected chi connectivity index (χ0v) is 12.9. The molecule has 1 aliphatic rings. The third-order valence-corrected chi connectivity index (χ3v) is 4.01. The van der Waals surface area contributed by atoms with Crippen molar-refractivity contribution in [2.24, 2.45) is 0 Å². The number of aromatic nitrogens is 2. The molecule has 1 aromatic heterocycles. The second-order valence-electron chi connectivity index (χ2n) is 5.57. The first-order valence-electron chi connectivity index (χ1n) is 8.12. The summed E-state index contributed by atoms with van der Waals surface area (Å²) in [6.07, 6.45) is 6.91. The minimum absolute atomic E-state index is 0.310. The first-order chi connectivity index (χ1) is 9.85. The summed E-state index contributed by atoms with van der Waals surface area (Å²) in [4.78, 5) is 7.07. The van der Waals surface area contributed by atoms with E-state index < -0.39 is 0 Å². The van der Waals surface area contributed by atoms with E-state index in [-0.39, 0.29) is 0 Å². The highest BCUT2D eigenvalue weighted by Gasteiger charge is 2.24. The van der Waals surface area contributed by atoms with Crippen LogP contribution in [0.1, 0.15) is 63.7 Å². The molecule has 5 nitrogen and oxygen atoms in total. The largest absolute Gasteiger partial charge is 0.339 e. The Kier molecular flexibility index (Phi) is 6.47. The molecule has 0 aliphatic carbocycles. The Bertz CT molecular complexity index is 374. The Morgan fingerprint density at radius 1 is 1.20 bits per heavy atom. The molecular formula is C15H28N4O. The Morgan fingerprint density at radius 2 is 2.00 bits per heavy atom. The zero-order chi connectivity index (χ0) is 14.2. The van der Waals surface area contributed by atoms with E-state index in [2.05, 4.69) is 34.2 Å². The van der Waals surface area contributed by atoms with Gasteiger partial charge in [-0.15, -0.1) is 0 Å². The van der Waals surface area contributed by atoms with Crippen molar-refractivity contribution in [3.8, 4) is 0 Å². The van der Waals surface area contributed by atoms with Crippen molar-refractivity contribution in [3.05, 3.63) is 11.7 Å². The van der Waals surface area contributed by atoms with Crippen molar-refractivity contribution < 1.29 is 4.52 Å². The summed E-state index contributed by atoms with van der Waals surface area (Å²) in [5, 5.41) is 7.60. The van der Waals surface area contributed by atoms with Crippen LogP contribution >= 0.6 is 0 Å². The predicted octanol–water partition coefficient (Wildman–Crippen LogP) is 2.55. The summed E-state index contributed by atoms with van der Waals surface area (Å²) in [6.45, 7) is 8.67. The van der Waals surface area contributed by atoms with Gasteiger partial charge in [0, 0.05) is 32.6 Å². The van der Waals surface area contributed by atoms with Crippen LogP contribution in [0.2, 0.25) is 0 Å². The summed E-state index contributed by atoms with van der Waals surface area (Å²) in [6, 6.07) is 0.310. The summed E-state index contributed by atoms with van der Waals surface area (Å²) < 4.78 is 5.42. The number of hydrogen-bond donors (Lipinski definition) is 1. The minimum Gasteiger partial charge on any atom is -0.339 e. The first kappa shape index (κ1) is 15.4. The van der Waals surface area contributed by atoms with Crippen molar-refractivity contribution >= 4 is 0 Å². The van der Waals surface area contributed by atoms with Gasteiger partial charge in [0.05, 0.1) is 6.04 Å². The van der Waals surface area contributed by atoms with Crippen molar-refractivity contribution in [1.82, 2.24) is 20.4 Å². The average molecular weight is 280 g/mol. The lowest BCUT2D eigenvalue weighted by molar-refractivity contribution is 0.160. The molecule has 0 radical (unpaired) electrons. The van der Waals surface area contributed by atoms with Gasteiger partial charge in [-0.25, -0.2) is 0 Å². The molecule has 1 saturated heterocycles. The smallest absolute Gasteiger partial charge is 0.226 e. The molecular weight excluding hydrogens is 252 g/mol. The number of hydrogen-bond acceptors (Lipinski definition) is 5. The third kappa shape index (κ3) is 4.28. The first-order valence-corrected chi connectivity index (χ1v) is 8.12. The second-order valence-corrected chi connectivity index (χ2v) is 5.57. The van der Waals surface area contributed by atoms with Gasteiger partial charge in [-0.05, 0) is 12.8 Å². The maximum atomic E-state index is 5.42. The molecule has 1 aromatic rings. The predicted molar refractivity (Wildman–Crippen MR) is 79.6 cm³/mol. The van der Waals surface area contributed by atoms with E-state index in [9.17, 15) is 0 Å². The lowest BCUT2D eigenvalue weighted by atomic mass is 10.1. The maximum absolute atomic E-state index is 5.42. The van der Waals surface area contributed by atoms with E-state index >= 15 is 0 Å². The second kappa shape index (κ2) is 8.37. The topological polar surface area (TPSA) is 54.2 Å². The molecule has 2 rings (SSSR count). The van der Waals surface area contributed by atoms with Crippen molar-refractivity contribution in [1.29, 1.82) is 0 Å². The van der Waals surface area contributed by atoms with Crippen molar-refractivity contribution in [2.45, 2.75) is 58.4 Å². The standard InChI is InChI=1S/C15H28N4O/c1-3-5-6-7-8-14-17-15(18-20-14)13(4-2)19-11-9-16-10-12-19/h13,16H,3-12H2,1-2H3. The van der Waals surface area contributed by atoms with Gasteiger partial charge in [0.1, 0.15) is 0 Å². The molecule has 0 spiro atoms. The van der Waals surface area contributed by atoms with Crippen LogP contribution < -0.4 is 5.32 Å². The van der Waals surface area contributed by atoms with Gasteiger partial charge in [0.15, 0.2) is 5.82 Å². The molecule has 1 aliphatic heterocycles. The number of piperazine rings is 1. The molecule has 1 fully saturated rings. The van der Waals surface area contributed by atoms with E-state index in [4.69, 9.17) is 4.52 Å². The van der Waals surface area contributed by atoms with E-state index in [1.165, 1.54) is 19.3 Å². The van der Waals surface area contributed by atoms with Gasteiger partial charge in [0.2, 0.25) is 5.89 Å². The summed E-state index contributed by atoms with van der Waals surface area (Å²) >= 11 is 0. The number of nitrogens with zero attached hydrogens (tertiary/aromatic N) is 3. The lowest BCUT2D eigenvalue weighted by Crippen LogP contribution is -2.45. The van der Waals surface area contributed by atoms with E-state index in [1.807, 2.05) is 0 Å². The molecule has 20 heavy (non-hydrogen) atoms. The van der Waals surface area contributed by atoms with Crippen LogP contribution in [0.4, 0.5) is 0 Å². The van der Waals surface area contributed by atoms with Crippen molar-refractivity contribution in [3.63, 3.8) is 0 Å². The molecule has 0 saturated carbocycles. The number of rotatable bonds is 8. The Hall–Kier alpha value is -0.940. The number of aryl methyl sites for hydroxylation is 1. The van der Waals surface area contributed by atoms with Gasteiger partial charge >= 0.3 is 0 Å². The third-order valence-electron chi connectivity index (χ3n) is 4.01. The van der Waals surface area contributed by atoms with Crippen LogP contribution in [0.5, 0.6) is 0 Å². The van der Waals surface area contributed by atoms with Gasteiger partial charge in [0.25, 0.3) is 0 Å². The van der Waals surface area contributed by atoms with E-state index in [0.29, 0.717) is 6.04 Å². The van der Waals surface area contributed by atoms with Crippen LogP contribution in [0.3, 0.4) is 0 Å². The van der Waals surface area contributed by atoms with Crippen LogP contribution in [-0.4, -0.2) is 41.2 Å². The fraction of sp³-hybridized carbons (Fsp3) is 0.867. The molecule has 1 N–H and O–H groups in total. The molecule has 0 aromatic carbocycles. The summed E-state index contributed by atoms with van der Waals surface area (Å²) in [5.74, 6) is 1.68. The molecule has 2 heterocycles. The Labute approximate surface area is 122 Å². The molecule has 1 unspecified atom stereocenters. The highest BCUT2D eigenvalue weighted by Crippen LogP contribution is 2.22. The maximum Gasteiger partial charge on any atom is 0.226 e. The monoisotopic (exact) mass is 280 g/mol. The molecule has 114 valence electrons. The summed E-state index contributed by atoms with van der Waals surface area (Å²) in [5.41, 5.74) is 0. The molecule has 0 bridgehead atoms.